The van der Waals surface area contributed by atoms with Crippen molar-refractivity contribution in [1.82, 2.24) is 14.9 Å². The molecule has 8 nitrogen and oxygen atoms in total. The molecule has 3 heterocycles. The first-order valence-electron chi connectivity index (χ1n) is 11.6. The van der Waals surface area contributed by atoms with Gasteiger partial charge in [-0.3, -0.25) is 0 Å². The first-order valence-corrected chi connectivity index (χ1v) is 11.9. The van der Waals surface area contributed by atoms with Gasteiger partial charge >= 0.3 is 6.09 Å². The Balaban J connectivity index is 1.41. The first kappa shape index (κ1) is 21.8. The second-order valence-electron chi connectivity index (χ2n) is 9.00. The number of aryl methyl sites for hydroxylation is 1. The van der Waals surface area contributed by atoms with E-state index in [0.29, 0.717) is 25.7 Å². The minimum atomic E-state index is -0.984. The summed E-state index contributed by atoms with van der Waals surface area (Å²) in [5.41, 5.74) is 4.85. The highest BCUT2D eigenvalue weighted by Gasteiger charge is 2.35. The van der Waals surface area contributed by atoms with E-state index in [1.54, 1.807) is 0 Å². The number of anilines is 2. The Bertz CT molecular complexity index is 1100. The van der Waals surface area contributed by atoms with Gasteiger partial charge in [0.15, 0.2) is 0 Å². The molecule has 172 valence electrons. The monoisotopic (exact) mass is 466 g/mol. The van der Waals surface area contributed by atoms with Crippen molar-refractivity contribution in [3.63, 3.8) is 0 Å². The maximum absolute atomic E-state index is 11.6. The standard InChI is InChI=1S/C24H27ClN6O2/c25-23-27-20-14-17(30-11-3-5-16-4-1-2-6-21(16)30)7-8-19(20)22(28-23)29-12-13-31(24(32)33)18(15-29)9-10-26/h1-2,4,6,17-18H,3,5,7-9,11-15H2,(H,32,33)/t17?,18-/m0/s1. The van der Waals surface area contributed by atoms with Crippen molar-refractivity contribution in [1.29, 1.82) is 5.26 Å². The number of para-hydroxylation sites is 1. The number of fused-ring (bicyclic) bond motifs is 2. The molecule has 1 amide bonds. The van der Waals surface area contributed by atoms with Crippen LogP contribution in [0, 0.1) is 11.3 Å². The molecule has 0 bridgehead atoms. The number of carboxylic acid groups (broad SMARTS) is 1. The van der Waals surface area contributed by atoms with Gasteiger partial charge in [-0.25, -0.2) is 14.8 Å². The molecule has 1 aromatic heterocycles. The largest absolute Gasteiger partial charge is 0.465 e. The van der Waals surface area contributed by atoms with Crippen LogP contribution < -0.4 is 9.80 Å². The van der Waals surface area contributed by atoms with Gasteiger partial charge in [0, 0.05) is 49.9 Å². The smallest absolute Gasteiger partial charge is 0.407 e. The summed E-state index contributed by atoms with van der Waals surface area (Å²) in [7, 11) is 0. The minimum absolute atomic E-state index is 0.153. The lowest BCUT2D eigenvalue weighted by Crippen LogP contribution is -2.55. The fourth-order valence-electron chi connectivity index (χ4n) is 5.60. The molecule has 0 saturated carbocycles. The molecule has 0 spiro atoms. The molecule has 0 radical (unpaired) electrons. The molecule has 1 N–H and O–H groups in total. The zero-order chi connectivity index (χ0) is 22.9. The molecule has 2 aliphatic heterocycles. The van der Waals surface area contributed by atoms with Crippen LogP contribution in [-0.2, 0) is 19.3 Å². The molecule has 1 aromatic carbocycles. The summed E-state index contributed by atoms with van der Waals surface area (Å²) in [6.45, 7) is 2.35. The molecule has 2 atom stereocenters. The Morgan fingerprint density at radius 1 is 1.21 bits per heavy atom. The highest BCUT2D eigenvalue weighted by molar-refractivity contribution is 6.28. The van der Waals surface area contributed by atoms with Crippen LogP contribution in [0.25, 0.3) is 0 Å². The van der Waals surface area contributed by atoms with Gasteiger partial charge in [-0.05, 0) is 48.9 Å². The third kappa shape index (κ3) is 4.18. The Morgan fingerprint density at radius 2 is 2.06 bits per heavy atom. The average Bonchev–Trinajstić information content (AvgIpc) is 2.82. The normalized spacial score (nSPS) is 22.4. The van der Waals surface area contributed by atoms with Crippen LogP contribution in [-0.4, -0.2) is 64.3 Å². The van der Waals surface area contributed by atoms with E-state index >= 15 is 0 Å². The first-order chi connectivity index (χ1) is 16.0. The van der Waals surface area contributed by atoms with Crippen LogP contribution >= 0.6 is 11.6 Å². The molecule has 2 aromatic rings. The van der Waals surface area contributed by atoms with Gasteiger partial charge < -0.3 is 19.8 Å². The summed E-state index contributed by atoms with van der Waals surface area (Å²) >= 11 is 6.37. The second-order valence-corrected chi connectivity index (χ2v) is 9.34. The summed E-state index contributed by atoms with van der Waals surface area (Å²) < 4.78 is 0. The number of benzene rings is 1. The van der Waals surface area contributed by atoms with E-state index in [0.717, 1.165) is 55.7 Å². The Labute approximate surface area is 198 Å². The molecule has 1 aliphatic carbocycles. The highest BCUT2D eigenvalue weighted by atomic mass is 35.5. The summed E-state index contributed by atoms with van der Waals surface area (Å²) in [5.74, 6) is 0.801. The fourth-order valence-corrected chi connectivity index (χ4v) is 5.78. The lowest BCUT2D eigenvalue weighted by Gasteiger charge is -2.42. The average molecular weight is 467 g/mol. The lowest BCUT2D eigenvalue weighted by atomic mass is 9.88. The fraction of sp³-hybridized carbons (Fsp3) is 0.500. The van der Waals surface area contributed by atoms with Crippen LogP contribution in [0.5, 0.6) is 0 Å². The van der Waals surface area contributed by atoms with Gasteiger partial charge in [-0.15, -0.1) is 0 Å². The van der Waals surface area contributed by atoms with Crippen molar-refractivity contribution in [3.05, 3.63) is 46.4 Å². The summed E-state index contributed by atoms with van der Waals surface area (Å²) in [4.78, 5) is 26.8. The van der Waals surface area contributed by atoms with Gasteiger partial charge in [-0.2, -0.15) is 5.26 Å². The molecular weight excluding hydrogens is 440 g/mol. The number of aromatic nitrogens is 2. The zero-order valence-electron chi connectivity index (χ0n) is 18.5. The van der Waals surface area contributed by atoms with E-state index in [9.17, 15) is 15.2 Å². The number of hydrogen-bond donors (Lipinski definition) is 1. The van der Waals surface area contributed by atoms with Crippen molar-refractivity contribution < 1.29 is 9.90 Å². The van der Waals surface area contributed by atoms with Crippen LogP contribution in [0.2, 0.25) is 5.28 Å². The predicted octanol–water partition coefficient (Wildman–Crippen LogP) is 3.52. The third-order valence-corrected chi connectivity index (χ3v) is 7.31. The van der Waals surface area contributed by atoms with Gasteiger partial charge in [0.25, 0.3) is 0 Å². The maximum Gasteiger partial charge on any atom is 0.407 e. The van der Waals surface area contributed by atoms with Crippen LogP contribution in [0.4, 0.5) is 16.3 Å². The number of nitrogens with zero attached hydrogens (tertiary/aromatic N) is 6. The summed E-state index contributed by atoms with van der Waals surface area (Å²) in [6, 6.07) is 10.8. The van der Waals surface area contributed by atoms with E-state index in [-0.39, 0.29) is 17.7 Å². The predicted molar refractivity (Wildman–Crippen MR) is 126 cm³/mol. The van der Waals surface area contributed by atoms with E-state index in [4.69, 9.17) is 11.6 Å². The maximum atomic E-state index is 11.6. The van der Waals surface area contributed by atoms with E-state index in [1.165, 1.54) is 16.2 Å². The van der Waals surface area contributed by atoms with Gasteiger partial charge in [0.2, 0.25) is 5.28 Å². The second kappa shape index (κ2) is 9.06. The number of piperazine rings is 1. The van der Waals surface area contributed by atoms with Crippen molar-refractivity contribution in [3.8, 4) is 6.07 Å². The van der Waals surface area contributed by atoms with E-state index < -0.39 is 6.09 Å². The topological polar surface area (TPSA) is 96.6 Å². The molecule has 3 aliphatic rings. The zero-order valence-corrected chi connectivity index (χ0v) is 19.2. The van der Waals surface area contributed by atoms with Crippen molar-refractivity contribution in [2.75, 3.05) is 36.0 Å². The molecule has 5 rings (SSSR count). The highest BCUT2D eigenvalue weighted by Crippen LogP contribution is 2.36. The van der Waals surface area contributed by atoms with Crippen LogP contribution in [0.3, 0.4) is 0 Å². The SMILES string of the molecule is N#CC[C@H]1CN(c2nc(Cl)nc3c2CCC(N2CCCc4ccccc42)C3)CCN1C(=O)O. The lowest BCUT2D eigenvalue weighted by molar-refractivity contribution is 0.119. The number of halogens is 1. The number of rotatable bonds is 3. The Morgan fingerprint density at radius 3 is 2.88 bits per heavy atom. The van der Waals surface area contributed by atoms with Crippen molar-refractivity contribution in [2.24, 2.45) is 0 Å². The number of amides is 1. The van der Waals surface area contributed by atoms with Crippen molar-refractivity contribution >= 4 is 29.2 Å². The van der Waals surface area contributed by atoms with Gasteiger partial charge in [0.1, 0.15) is 5.82 Å². The Hall–Kier alpha value is -3.05. The molecular formula is C24H27ClN6O2. The quantitative estimate of drug-likeness (QED) is 0.691. The summed E-state index contributed by atoms with van der Waals surface area (Å²) in [5, 5.41) is 18.9. The van der Waals surface area contributed by atoms with E-state index in [1.807, 2.05) is 0 Å². The minimum Gasteiger partial charge on any atom is -0.465 e. The molecule has 33 heavy (non-hydrogen) atoms. The van der Waals surface area contributed by atoms with Crippen molar-refractivity contribution in [2.45, 2.75) is 50.6 Å². The molecule has 1 unspecified atom stereocenters. The molecule has 1 fully saturated rings. The Kier molecular flexibility index (Phi) is 5.98. The summed E-state index contributed by atoms with van der Waals surface area (Å²) in [6.07, 6.45) is 4.13. The van der Waals surface area contributed by atoms with Gasteiger partial charge in [0.05, 0.1) is 24.2 Å². The van der Waals surface area contributed by atoms with Crippen LogP contribution in [0.1, 0.15) is 36.1 Å². The van der Waals surface area contributed by atoms with Gasteiger partial charge in [-0.1, -0.05) is 18.2 Å². The third-order valence-electron chi connectivity index (χ3n) is 7.14. The van der Waals surface area contributed by atoms with Crippen LogP contribution in [0.15, 0.2) is 24.3 Å². The van der Waals surface area contributed by atoms with E-state index in [2.05, 4.69) is 50.1 Å². The number of hydrogen-bond acceptors (Lipinski definition) is 6. The molecule has 9 heteroatoms. The number of carbonyl (C=O) groups is 1. The number of nitriles is 1. The molecule has 1 saturated heterocycles.